The second kappa shape index (κ2) is 8.32. The Morgan fingerprint density at radius 3 is 2.72 bits per heavy atom. The van der Waals surface area contributed by atoms with Crippen molar-refractivity contribution in [2.24, 2.45) is 4.99 Å². The molecule has 0 amide bonds. The number of aryl methyl sites for hydroxylation is 2. The summed E-state index contributed by atoms with van der Waals surface area (Å²) in [4.78, 5) is 4.26. The number of furan rings is 1. The summed E-state index contributed by atoms with van der Waals surface area (Å²) < 4.78 is 7.90. The molecule has 1 aromatic carbocycles. The Balaban J connectivity index is 1.43. The molecule has 0 unspecified atom stereocenters. The van der Waals surface area contributed by atoms with E-state index in [9.17, 15) is 0 Å². The molecule has 2 N–H and O–H groups in total. The Labute approximate surface area is 147 Å². The fraction of sp³-hybridized carbons (Fsp3) is 0.389. The van der Waals surface area contributed by atoms with Gasteiger partial charge in [0.2, 0.25) is 0 Å². The summed E-state index contributed by atoms with van der Waals surface area (Å²) in [5.74, 6) is 1.72. The van der Waals surface area contributed by atoms with Gasteiger partial charge in [-0.3, -0.25) is 4.99 Å². The maximum absolute atomic E-state index is 5.92. The minimum atomic E-state index is 0.612. The number of nitrogens with zero attached hydrogens (tertiary/aromatic N) is 4. The van der Waals surface area contributed by atoms with Crippen LogP contribution in [0.4, 0.5) is 0 Å². The second-order valence-corrected chi connectivity index (χ2v) is 5.91. The van der Waals surface area contributed by atoms with Crippen molar-refractivity contribution in [2.45, 2.75) is 32.9 Å². The van der Waals surface area contributed by atoms with Crippen LogP contribution < -0.4 is 10.6 Å². The van der Waals surface area contributed by atoms with Gasteiger partial charge in [0.15, 0.2) is 5.96 Å². The van der Waals surface area contributed by atoms with Gasteiger partial charge in [0.05, 0.1) is 6.54 Å². The van der Waals surface area contributed by atoms with Gasteiger partial charge in [0.1, 0.15) is 24.0 Å². The molecule has 0 saturated heterocycles. The third kappa shape index (κ3) is 4.37. The standard InChI is InChI=1S/C18H24N6O/c1-14-15-7-3-4-8-16(15)25-17(14)11-21-18(19-2)20-9-5-6-10-24-12-22-23-13-24/h3-4,7-8,12-13H,5-6,9-11H2,1-2H3,(H2,19,20,21). The number of fused-ring (bicyclic) bond motifs is 1. The Morgan fingerprint density at radius 1 is 1.16 bits per heavy atom. The van der Waals surface area contributed by atoms with Crippen LogP contribution in [0.5, 0.6) is 0 Å². The predicted octanol–water partition coefficient (Wildman–Crippen LogP) is 2.48. The molecule has 7 nitrogen and oxygen atoms in total. The minimum Gasteiger partial charge on any atom is -0.459 e. The highest BCUT2D eigenvalue weighted by Gasteiger charge is 2.10. The van der Waals surface area contributed by atoms with E-state index >= 15 is 0 Å². The van der Waals surface area contributed by atoms with Gasteiger partial charge in [-0.05, 0) is 25.8 Å². The molecule has 132 valence electrons. The third-order valence-electron chi connectivity index (χ3n) is 4.18. The fourth-order valence-electron chi connectivity index (χ4n) is 2.74. The molecular formula is C18H24N6O. The molecule has 0 aliphatic rings. The van der Waals surface area contributed by atoms with E-state index in [4.69, 9.17) is 4.42 Å². The lowest BCUT2D eigenvalue weighted by atomic mass is 10.1. The van der Waals surface area contributed by atoms with Crippen LogP contribution >= 0.6 is 0 Å². The molecule has 25 heavy (non-hydrogen) atoms. The van der Waals surface area contributed by atoms with E-state index in [1.807, 2.05) is 22.8 Å². The molecule has 2 aromatic heterocycles. The normalized spacial score (nSPS) is 11.8. The van der Waals surface area contributed by atoms with E-state index in [1.54, 1.807) is 19.7 Å². The first-order valence-corrected chi connectivity index (χ1v) is 8.52. The van der Waals surface area contributed by atoms with Gasteiger partial charge in [-0.1, -0.05) is 18.2 Å². The van der Waals surface area contributed by atoms with E-state index in [2.05, 4.69) is 38.8 Å². The lowest BCUT2D eigenvalue weighted by Gasteiger charge is -2.11. The highest BCUT2D eigenvalue weighted by Crippen LogP contribution is 2.24. The van der Waals surface area contributed by atoms with Crippen LogP contribution in [0.25, 0.3) is 11.0 Å². The second-order valence-electron chi connectivity index (χ2n) is 5.91. The van der Waals surface area contributed by atoms with Gasteiger partial charge < -0.3 is 19.6 Å². The number of aliphatic imine (C=N–C) groups is 1. The Kier molecular flexibility index (Phi) is 5.66. The van der Waals surface area contributed by atoms with E-state index in [-0.39, 0.29) is 0 Å². The third-order valence-corrected chi connectivity index (χ3v) is 4.18. The van der Waals surface area contributed by atoms with Crippen LogP contribution in [-0.2, 0) is 13.1 Å². The number of hydrogen-bond donors (Lipinski definition) is 2. The first-order valence-electron chi connectivity index (χ1n) is 8.52. The smallest absolute Gasteiger partial charge is 0.191 e. The SMILES string of the molecule is CN=C(NCCCCn1cnnc1)NCc1oc2ccccc2c1C. The van der Waals surface area contributed by atoms with Crippen LogP contribution in [0.2, 0.25) is 0 Å². The summed E-state index contributed by atoms with van der Waals surface area (Å²) in [6.45, 7) is 4.49. The average Bonchev–Trinajstić information content (AvgIpc) is 3.26. The molecule has 3 rings (SSSR count). The molecule has 0 saturated carbocycles. The first kappa shape index (κ1) is 17.0. The number of hydrogen-bond acceptors (Lipinski definition) is 4. The Bertz CT molecular complexity index is 821. The summed E-state index contributed by atoms with van der Waals surface area (Å²) in [6, 6.07) is 8.10. The first-order chi connectivity index (χ1) is 12.3. The Morgan fingerprint density at radius 2 is 1.96 bits per heavy atom. The van der Waals surface area contributed by atoms with Gasteiger partial charge in [-0.2, -0.15) is 0 Å². The molecule has 7 heteroatoms. The maximum Gasteiger partial charge on any atom is 0.191 e. The summed E-state index contributed by atoms with van der Waals surface area (Å²) in [5.41, 5.74) is 2.10. The number of unbranched alkanes of at least 4 members (excludes halogenated alkanes) is 1. The quantitative estimate of drug-likeness (QED) is 0.392. The average molecular weight is 340 g/mol. The fourth-order valence-corrected chi connectivity index (χ4v) is 2.74. The van der Waals surface area contributed by atoms with Crippen molar-refractivity contribution in [1.82, 2.24) is 25.4 Å². The zero-order valence-electron chi connectivity index (χ0n) is 14.7. The van der Waals surface area contributed by atoms with Crippen LogP contribution in [0.1, 0.15) is 24.2 Å². The van der Waals surface area contributed by atoms with Gasteiger partial charge >= 0.3 is 0 Å². The van der Waals surface area contributed by atoms with Crippen molar-refractivity contribution in [2.75, 3.05) is 13.6 Å². The van der Waals surface area contributed by atoms with Crippen molar-refractivity contribution in [1.29, 1.82) is 0 Å². The van der Waals surface area contributed by atoms with Crippen LogP contribution in [-0.4, -0.2) is 34.3 Å². The van der Waals surface area contributed by atoms with Crippen molar-refractivity contribution < 1.29 is 4.42 Å². The van der Waals surface area contributed by atoms with Gasteiger partial charge in [0.25, 0.3) is 0 Å². The molecule has 0 radical (unpaired) electrons. The molecule has 0 atom stereocenters. The molecule has 0 fully saturated rings. The number of benzene rings is 1. The largest absolute Gasteiger partial charge is 0.459 e. The van der Waals surface area contributed by atoms with Gasteiger partial charge in [0, 0.05) is 31.1 Å². The van der Waals surface area contributed by atoms with Gasteiger partial charge in [-0.15, -0.1) is 10.2 Å². The molecule has 0 bridgehead atoms. The number of nitrogens with one attached hydrogen (secondary N) is 2. The summed E-state index contributed by atoms with van der Waals surface area (Å²) in [6.07, 6.45) is 5.58. The molecular weight excluding hydrogens is 316 g/mol. The van der Waals surface area contributed by atoms with Crippen molar-refractivity contribution >= 4 is 16.9 Å². The Hall–Kier alpha value is -2.83. The molecule has 0 spiro atoms. The molecule has 0 aliphatic carbocycles. The van der Waals surface area contributed by atoms with Crippen LogP contribution in [0.15, 0.2) is 46.3 Å². The van der Waals surface area contributed by atoms with Crippen LogP contribution in [0.3, 0.4) is 0 Å². The number of rotatable bonds is 7. The van der Waals surface area contributed by atoms with Crippen molar-refractivity contribution in [3.05, 3.63) is 48.2 Å². The number of aromatic nitrogens is 3. The van der Waals surface area contributed by atoms with Gasteiger partial charge in [-0.25, -0.2) is 0 Å². The number of para-hydroxylation sites is 1. The predicted molar refractivity (Wildman–Crippen MR) is 98.4 cm³/mol. The maximum atomic E-state index is 5.92. The molecule has 2 heterocycles. The summed E-state index contributed by atoms with van der Waals surface area (Å²) in [7, 11) is 1.78. The molecule has 3 aromatic rings. The number of guanidine groups is 1. The van der Waals surface area contributed by atoms with Crippen molar-refractivity contribution in [3.8, 4) is 0 Å². The van der Waals surface area contributed by atoms with E-state index < -0.39 is 0 Å². The highest BCUT2D eigenvalue weighted by atomic mass is 16.3. The minimum absolute atomic E-state index is 0.612. The monoisotopic (exact) mass is 340 g/mol. The lowest BCUT2D eigenvalue weighted by molar-refractivity contribution is 0.533. The summed E-state index contributed by atoms with van der Waals surface area (Å²) >= 11 is 0. The zero-order valence-corrected chi connectivity index (χ0v) is 14.7. The van der Waals surface area contributed by atoms with E-state index in [0.29, 0.717) is 6.54 Å². The highest BCUT2D eigenvalue weighted by molar-refractivity contribution is 5.82. The lowest BCUT2D eigenvalue weighted by Crippen LogP contribution is -2.37. The molecule has 0 aliphatic heterocycles. The summed E-state index contributed by atoms with van der Waals surface area (Å²) in [5, 5.41) is 15.4. The van der Waals surface area contributed by atoms with E-state index in [1.165, 1.54) is 5.56 Å². The topological polar surface area (TPSA) is 80.3 Å². The van der Waals surface area contributed by atoms with E-state index in [0.717, 1.165) is 48.6 Å². The van der Waals surface area contributed by atoms with Crippen LogP contribution in [0, 0.1) is 6.92 Å². The zero-order chi connectivity index (χ0) is 17.5. The van der Waals surface area contributed by atoms with Crippen molar-refractivity contribution in [3.63, 3.8) is 0 Å².